The molecule has 0 saturated carbocycles. The van der Waals surface area contributed by atoms with Gasteiger partial charge in [-0.25, -0.2) is 0 Å². The fourth-order valence-electron chi connectivity index (χ4n) is 2.13. The number of rotatable bonds is 12. The zero-order valence-corrected chi connectivity index (χ0v) is 12.6. The molecule has 1 heterocycles. The van der Waals surface area contributed by atoms with Crippen LogP contribution < -0.4 is 0 Å². The number of carbonyl (C=O) groups is 1. The predicted octanol–water partition coefficient (Wildman–Crippen LogP) is 3.33. The van der Waals surface area contributed by atoms with Crippen LogP contribution in [0.25, 0.3) is 0 Å². The van der Waals surface area contributed by atoms with Gasteiger partial charge >= 0.3 is 5.97 Å². The van der Waals surface area contributed by atoms with Crippen molar-refractivity contribution in [1.82, 2.24) is 0 Å². The number of aliphatic hydroxyl groups is 1. The Morgan fingerprint density at radius 2 is 1.85 bits per heavy atom. The van der Waals surface area contributed by atoms with E-state index in [1.807, 2.05) is 0 Å². The molecule has 0 amide bonds. The zero-order valence-electron chi connectivity index (χ0n) is 12.6. The lowest BCUT2D eigenvalue weighted by Crippen LogP contribution is -2.14. The fourth-order valence-corrected chi connectivity index (χ4v) is 2.13. The molecule has 0 aromatic carbocycles. The average molecular weight is 284 g/mol. The van der Waals surface area contributed by atoms with Gasteiger partial charge in [0.1, 0.15) is 0 Å². The molecule has 0 bridgehead atoms. The van der Waals surface area contributed by atoms with Crippen LogP contribution in [0.15, 0.2) is 12.2 Å². The fraction of sp³-hybridized carbons (Fsp3) is 0.812. The van der Waals surface area contributed by atoms with Crippen molar-refractivity contribution < 1.29 is 19.4 Å². The van der Waals surface area contributed by atoms with Crippen LogP contribution in [0.2, 0.25) is 0 Å². The summed E-state index contributed by atoms with van der Waals surface area (Å²) >= 11 is 0. The summed E-state index contributed by atoms with van der Waals surface area (Å²) in [5, 5.41) is 9.33. The van der Waals surface area contributed by atoms with E-state index in [4.69, 9.17) is 4.74 Å². The molecule has 1 aliphatic heterocycles. The van der Waals surface area contributed by atoms with Gasteiger partial charge in [-0.15, -0.1) is 0 Å². The minimum Gasteiger partial charge on any atom is -0.436 e. The average Bonchev–Trinajstić information content (AvgIpc) is 3.19. The number of carbonyl (C=O) groups excluding carboxylic acids is 1. The van der Waals surface area contributed by atoms with E-state index in [1.54, 1.807) is 0 Å². The summed E-state index contributed by atoms with van der Waals surface area (Å²) in [6, 6.07) is 0. The number of epoxide rings is 1. The number of ether oxygens (including phenoxy) is 2. The van der Waals surface area contributed by atoms with Gasteiger partial charge in [0, 0.05) is 13.3 Å². The second-order valence-electron chi connectivity index (χ2n) is 5.42. The predicted molar refractivity (Wildman–Crippen MR) is 78.2 cm³/mol. The highest BCUT2D eigenvalue weighted by Gasteiger charge is 2.17. The lowest BCUT2D eigenvalue weighted by atomic mass is 10.1. The van der Waals surface area contributed by atoms with Crippen LogP contribution in [0.4, 0.5) is 0 Å². The first-order valence-electron chi connectivity index (χ1n) is 7.82. The molecule has 2 atom stereocenters. The maximum absolute atomic E-state index is 10.6. The van der Waals surface area contributed by atoms with Crippen LogP contribution in [0.3, 0.4) is 0 Å². The molecule has 1 fully saturated rings. The van der Waals surface area contributed by atoms with Gasteiger partial charge in [-0.3, -0.25) is 4.79 Å². The molecule has 1 aliphatic rings. The highest BCUT2D eigenvalue weighted by Crippen LogP contribution is 2.13. The molecule has 4 nitrogen and oxygen atoms in total. The van der Waals surface area contributed by atoms with Crippen molar-refractivity contribution in [3.8, 4) is 0 Å². The van der Waals surface area contributed by atoms with Crippen LogP contribution in [-0.4, -0.2) is 30.1 Å². The third-order valence-electron chi connectivity index (χ3n) is 3.33. The molecule has 0 radical (unpaired) electrons. The van der Waals surface area contributed by atoms with Gasteiger partial charge < -0.3 is 14.6 Å². The minimum atomic E-state index is -0.922. The Morgan fingerprint density at radius 1 is 1.25 bits per heavy atom. The highest BCUT2D eigenvalue weighted by molar-refractivity contribution is 5.65. The number of hydrogen-bond acceptors (Lipinski definition) is 4. The first-order chi connectivity index (χ1) is 9.68. The Hall–Kier alpha value is -0.870. The highest BCUT2D eigenvalue weighted by atomic mass is 16.6. The monoisotopic (exact) mass is 284 g/mol. The van der Waals surface area contributed by atoms with Crippen molar-refractivity contribution in [2.24, 2.45) is 0 Å². The van der Waals surface area contributed by atoms with Gasteiger partial charge in [-0.2, -0.15) is 0 Å². The number of aliphatic hydroxyl groups excluding tert-OH is 1. The third kappa shape index (κ3) is 11.0. The minimum absolute atomic E-state index is 0.414. The molecule has 1 rings (SSSR count). The van der Waals surface area contributed by atoms with E-state index in [1.165, 1.54) is 39.0 Å². The molecule has 0 aliphatic carbocycles. The molecule has 20 heavy (non-hydrogen) atoms. The van der Waals surface area contributed by atoms with Crippen LogP contribution >= 0.6 is 0 Å². The van der Waals surface area contributed by atoms with Gasteiger partial charge in [0.15, 0.2) is 0 Å². The van der Waals surface area contributed by atoms with Gasteiger partial charge in [0.25, 0.3) is 0 Å². The molecule has 0 unspecified atom stereocenters. The van der Waals surface area contributed by atoms with E-state index in [9.17, 15) is 9.90 Å². The lowest BCUT2D eigenvalue weighted by molar-refractivity contribution is -0.165. The Morgan fingerprint density at radius 3 is 2.45 bits per heavy atom. The van der Waals surface area contributed by atoms with Crippen molar-refractivity contribution >= 4 is 5.97 Å². The number of hydrogen-bond donors (Lipinski definition) is 1. The molecule has 0 aromatic rings. The summed E-state index contributed by atoms with van der Waals surface area (Å²) in [4.78, 5) is 10.6. The molecular formula is C16H28O4. The van der Waals surface area contributed by atoms with Crippen molar-refractivity contribution in [2.75, 3.05) is 6.61 Å². The van der Waals surface area contributed by atoms with Crippen molar-refractivity contribution in [1.29, 1.82) is 0 Å². The van der Waals surface area contributed by atoms with Gasteiger partial charge in [0.2, 0.25) is 6.29 Å². The van der Waals surface area contributed by atoms with Crippen molar-refractivity contribution in [2.45, 2.75) is 77.1 Å². The quantitative estimate of drug-likeness (QED) is 0.196. The molecular weight excluding hydrogens is 256 g/mol. The van der Waals surface area contributed by atoms with Crippen molar-refractivity contribution in [3.05, 3.63) is 12.2 Å². The molecule has 0 aromatic heterocycles. The Labute approximate surface area is 122 Å². The van der Waals surface area contributed by atoms with Gasteiger partial charge in [0.05, 0.1) is 12.7 Å². The Balaban J connectivity index is 1.74. The maximum atomic E-state index is 10.6. The summed E-state index contributed by atoms with van der Waals surface area (Å²) in [6.45, 7) is 2.22. The largest absolute Gasteiger partial charge is 0.436 e. The number of unbranched alkanes of at least 4 members (excludes halogenated alkanes) is 7. The van der Waals surface area contributed by atoms with Gasteiger partial charge in [-0.05, 0) is 19.3 Å². The van der Waals surface area contributed by atoms with Crippen molar-refractivity contribution in [3.63, 3.8) is 0 Å². The number of allylic oxidation sites excluding steroid dienone is 1. The first kappa shape index (κ1) is 17.2. The van der Waals surface area contributed by atoms with Crippen LogP contribution in [0.1, 0.15) is 64.7 Å². The lowest BCUT2D eigenvalue weighted by Gasteiger charge is -2.09. The van der Waals surface area contributed by atoms with E-state index in [0.29, 0.717) is 12.5 Å². The summed E-state index contributed by atoms with van der Waals surface area (Å²) in [5.74, 6) is -0.417. The standard InChI is InChI=1S/C16H28O4/c1-14(17)20-16(18)12-10-8-6-4-2-3-5-7-9-11-15-13-19-15/h9,11,15-16,18H,2-8,10,12-13H2,1H3/t15-,16+/m1/s1. The van der Waals surface area contributed by atoms with E-state index < -0.39 is 12.3 Å². The van der Waals surface area contributed by atoms with Crippen LogP contribution in [0, 0.1) is 0 Å². The molecule has 116 valence electrons. The smallest absolute Gasteiger partial charge is 0.304 e. The second kappa shape index (κ2) is 10.9. The molecule has 1 N–H and O–H groups in total. The summed E-state index contributed by atoms with van der Waals surface area (Å²) in [7, 11) is 0. The topological polar surface area (TPSA) is 59.1 Å². The molecule has 4 heteroatoms. The number of esters is 1. The van der Waals surface area contributed by atoms with Crippen LogP contribution in [0.5, 0.6) is 0 Å². The Bertz CT molecular complexity index is 284. The summed E-state index contributed by atoms with van der Waals surface area (Å²) in [5.41, 5.74) is 0. The second-order valence-corrected chi connectivity index (χ2v) is 5.42. The summed E-state index contributed by atoms with van der Waals surface area (Å²) in [6.07, 6.45) is 13.9. The third-order valence-corrected chi connectivity index (χ3v) is 3.33. The normalized spacial score (nSPS) is 19.2. The van der Waals surface area contributed by atoms with Gasteiger partial charge in [-0.1, -0.05) is 44.3 Å². The maximum Gasteiger partial charge on any atom is 0.304 e. The van der Waals surface area contributed by atoms with E-state index in [-0.39, 0.29) is 0 Å². The Kier molecular flexibility index (Phi) is 9.33. The van der Waals surface area contributed by atoms with E-state index in [2.05, 4.69) is 16.9 Å². The SMILES string of the molecule is CC(=O)O[C@H](O)CCCCCCCCCC=C[C@@H]1CO1. The molecule has 0 spiro atoms. The van der Waals surface area contributed by atoms with E-state index in [0.717, 1.165) is 25.9 Å². The van der Waals surface area contributed by atoms with E-state index >= 15 is 0 Å². The van der Waals surface area contributed by atoms with Crippen LogP contribution in [-0.2, 0) is 14.3 Å². The first-order valence-corrected chi connectivity index (χ1v) is 7.82. The molecule has 1 saturated heterocycles. The summed E-state index contributed by atoms with van der Waals surface area (Å²) < 4.78 is 9.75. The zero-order chi connectivity index (χ0) is 14.6.